The highest BCUT2D eigenvalue weighted by molar-refractivity contribution is 5.64. The monoisotopic (exact) mass is 389 g/mol. The lowest BCUT2D eigenvalue weighted by atomic mass is 10.2. The number of nitro benzene ring substituents is 1. The minimum atomic E-state index is -0.767. The molecular weight excluding hydrogens is 365 g/mol. The summed E-state index contributed by atoms with van der Waals surface area (Å²) in [7, 11) is 1.32. The van der Waals surface area contributed by atoms with Gasteiger partial charge >= 0.3 is 0 Å². The molecule has 0 atom stereocenters. The third-order valence-electron chi connectivity index (χ3n) is 4.90. The molecular formula is C19H24FN5O3. The van der Waals surface area contributed by atoms with Gasteiger partial charge in [0, 0.05) is 45.0 Å². The Morgan fingerprint density at radius 3 is 2.68 bits per heavy atom. The number of nitrogens with zero attached hydrogens (tertiary/aromatic N) is 4. The first-order valence-electron chi connectivity index (χ1n) is 9.19. The Balaban J connectivity index is 1.72. The van der Waals surface area contributed by atoms with Gasteiger partial charge in [-0.05, 0) is 24.2 Å². The average molecular weight is 389 g/mol. The van der Waals surface area contributed by atoms with E-state index in [-0.39, 0.29) is 17.1 Å². The second-order valence-corrected chi connectivity index (χ2v) is 6.56. The van der Waals surface area contributed by atoms with Gasteiger partial charge in [0.2, 0.25) is 0 Å². The number of methoxy groups -OCH3 is 1. The number of anilines is 2. The lowest BCUT2D eigenvalue weighted by molar-refractivity contribution is -0.384. The van der Waals surface area contributed by atoms with Crippen LogP contribution in [0.5, 0.6) is 5.75 Å². The Morgan fingerprint density at radius 1 is 1.29 bits per heavy atom. The molecule has 0 spiro atoms. The van der Waals surface area contributed by atoms with Crippen LogP contribution >= 0.6 is 0 Å². The van der Waals surface area contributed by atoms with E-state index in [0.29, 0.717) is 6.54 Å². The molecule has 1 saturated heterocycles. The van der Waals surface area contributed by atoms with Crippen LogP contribution in [0, 0.1) is 15.9 Å². The molecule has 150 valence electrons. The average Bonchev–Trinajstić information content (AvgIpc) is 2.72. The van der Waals surface area contributed by atoms with E-state index in [0.717, 1.165) is 50.2 Å². The highest BCUT2D eigenvalue weighted by atomic mass is 19.1. The van der Waals surface area contributed by atoms with Crippen LogP contribution < -0.4 is 15.0 Å². The fraction of sp³-hybridized carbons (Fsp3) is 0.421. The minimum Gasteiger partial charge on any atom is -0.494 e. The van der Waals surface area contributed by atoms with Gasteiger partial charge < -0.3 is 19.9 Å². The van der Waals surface area contributed by atoms with Crippen LogP contribution in [0.1, 0.15) is 12.5 Å². The maximum atomic E-state index is 13.8. The number of pyridine rings is 1. The van der Waals surface area contributed by atoms with Crippen molar-refractivity contribution in [2.45, 2.75) is 13.5 Å². The molecule has 0 amide bonds. The molecule has 0 saturated carbocycles. The summed E-state index contributed by atoms with van der Waals surface area (Å²) in [6.07, 6.45) is 1.73. The topological polar surface area (TPSA) is 83.8 Å². The van der Waals surface area contributed by atoms with E-state index in [9.17, 15) is 14.5 Å². The van der Waals surface area contributed by atoms with Crippen LogP contribution in [0.3, 0.4) is 0 Å². The highest BCUT2D eigenvalue weighted by Gasteiger charge is 2.20. The first kappa shape index (κ1) is 19.8. The van der Waals surface area contributed by atoms with Crippen LogP contribution in [0.4, 0.5) is 21.6 Å². The first-order valence-corrected chi connectivity index (χ1v) is 9.19. The van der Waals surface area contributed by atoms with Gasteiger partial charge in [-0.15, -0.1) is 0 Å². The number of likely N-dealkylation sites (N-methyl/N-ethyl adjacent to an activating group) is 1. The fourth-order valence-corrected chi connectivity index (χ4v) is 3.23. The van der Waals surface area contributed by atoms with E-state index in [2.05, 4.69) is 27.0 Å². The van der Waals surface area contributed by atoms with E-state index in [1.165, 1.54) is 13.2 Å². The van der Waals surface area contributed by atoms with Gasteiger partial charge in [-0.3, -0.25) is 10.1 Å². The molecule has 2 heterocycles. The predicted molar refractivity (Wildman–Crippen MR) is 105 cm³/mol. The number of hydrogen-bond acceptors (Lipinski definition) is 7. The summed E-state index contributed by atoms with van der Waals surface area (Å²) >= 11 is 0. The Morgan fingerprint density at radius 2 is 2.04 bits per heavy atom. The van der Waals surface area contributed by atoms with Gasteiger partial charge in [0.25, 0.3) is 5.69 Å². The molecule has 0 radical (unpaired) electrons. The van der Waals surface area contributed by atoms with E-state index in [1.54, 1.807) is 6.20 Å². The second-order valence-electron chi connectivity index (χ2n) is 6.56. The molecule has 8 nitrogen and oxygen atoms in total. The number of piperazine rings is 1. The Labute approximate surface area is 163 Å². The van der Waals surface area contributed by atoms with Crippen molar-refractivity contribution < 1.29 is 14.1 Å². The third-order valence-corrected chi connectivity index (χ3v) is 4.90. The van der Waals surface area contributed by atoms with E-state index in [1.807, 2.05) is 12.1 Å². The van der Waals surface area contributed by atoms with Crippen molar-refractivity contribution >= 4 is 17.2 Å². The van der Waals surface area contributed by atoms with E-state index < -0.39 is 10.7 Å². The molecule has 1 aliphatic rings. The van der Waals surface area contributed by atoms with E-state index >= 15 is 0 Å². The zero-order chi connectivity index (χ0) is 20.1. The number of nitro groups is 1. The molecule has 3 rings (SSSR count). The van der Waals surface area contributed by atoms with Crippen LogP contribution in [-0.2, 0) is 6.54 Å². The van der Waals surface area contributed by atoms with Gasteiger partial charge in [-0.25, -0.2) is 9.37 Å². The molecule has 1 N–H and O–H groups in total. The second kappa shape index (κ2) is 8.83. The van der Waals surface area contributed by atoms with Crippen molar-refractivity contribution in [3.8, 4) is 5.75 Å². The Hall–Kier alpha value is -2.94. The van der Waals surface area contributed by atoms with Gasteiger partial charge in [0.1, 0.15) is 11.5 Å². The number of aromatic nitrogens is 1. The summed E-state index contributed by atoms with van der Waals surface area (Å²) in [5, 5.41) is 14.3. The highest BCUT2D eigenvalue weighted by Crippen LogP contribution is 2.32. The minimum absolute atomic E-state index is 0.0442. The molecule has 1 aromatic heterocycles. The number of halogens is 1. The summed E-state index contributed by atoms with van der Waals surface area (Å²) in [6, 6.07) is 6.00. The standard InChI is InChI=1S/C19H24FN5O3/c1-3-23-6-8-24(9-7-23)19-10-14(4-5-21-19)13-22-16-12-18(28-2)15(20)11-17(16)25(26)27/h4-5,10-12,22H,3,6-9,13H2,1-2H3. The normalized spacial score (nSPS) is 14.8. The molecule has 0 aliphatic carbocycles. The summed E-state index contributed by atoms with van der Waals surface area (Å²) in [5.74, 6) is 0.0794. The number of nitrogens with one attached hydrogen (secondary N) is 1. The molecule has 1 fully saturated rings. The Bertz CT molecular complexity index is 840. The largest absolute Gasteiger partial charge is 0.494 e. The third kappa shape index (κ3) is 4.48. The van der Waals surface area contributed by atoms with Crippen LogP contribution in [-0.4, -0.2) is 54.6 Å². The molecule has 2 aromatic rings. The van der Waals surface area contributed by atoms with Crippen molar-refractivity contribution in [1.29, 1.82) is 0 Å². The van der Waals surface area contributed by atoms with Crippen LogP contribution in [0.15, 0.2) is 30.5 Å². The smallest absolute Gasteiger partial charge is 0.295 e. The van der Waals surface area contributed by atoms with Gasteiger partial charge in [-0.1, -0.05) is 6.92 Å². The zero-order valence-corrected chi connectivity index (χ0v) is 16.0. The van der Waals surface area contributed by atoms with Crippen molar-refractivity contribution in [2.75, 3.05) is 50.1 Å². The summed E-state index contributed by atoms with van der Waals surface area (Å²) in [5.41, 5.74) is 0.807. The van der Waals surface area contributed by atoms with Crippen molar-refractivity contribution in [1.82, 2.24) is 9.88 Å². The van der Waals surface area contributed by atoms with Crippen molar-refractivity contribution in [3.05, 3.63) is 52.0 Å². The number of hydrogen-bond donors (Lipinski definition) is 1. The van der Waals surface area contributed by atoms with Crippen molar-refractivity contribution in [3.63, 3.8) is 0 Å². The number of ether oxygens (including phenoxy) is 1. The summed E-state index contributed by atoms with van der Waals surface area (Å²) < 4.78 is 18.7. The molecule has 0 bridgehead atoms. The van der Waals surface area contributed by atoms with Crippen molar-refractivity contribution in [2.24, 2.45) is 0 Å². The first-order chi connectivity index (χ1) is 13.5. The summed E-state index contributed by atoms with van der Waals surface area (Å²) in [4.78, 5) is 19.7. The summed E-state index contributed by atoms with van der Waals surface area (Å²) in [6.45, 7) is 7.39. The zero-order valence-electron chi connectivity index (χ0n) is 16.0. The molecule has 0 unspecified atom stereocenters. The van der Waals surface area contributed by atoms with Crippen LogP contribution in [0.2, 0.25) is 0 Å². The molecule has 9 heteroatoms. The predicted octanol–water partition coefficient (Wildman–Crippen LogP) is 2.89. The lowest BCUT2D eigenvalue weighted by Crippen LogP contribution is -2.46. The molecule has 1 aromatic carbocycles. The van der Waals surface area contributed by atoms with Gasteiger partial charge in [0.05, 0.1) is 18.1 Å². The lowest BCUT2D eigenvalue weighted by Gasteiger charge is -2.34. The molecule has 1 aliphatic heterocycles. The van der Waals surface area contributed by atoms with Crippen LogP contribution in [0.25, 0.3) is 0 Å². The number of rotatable bonds is 7. The Kier molecular flexibility index (Phi) is 6.25. The maximum Gasteiger partial charge on any atom is 0.295 e. The van der Waals surface area contributed by atoms with E-state index in [4.69, 9.17) is 4.74 Å². The quantitative estimate of drug-likeness (QED) is 0.576. The number of benzene rings is 1. The molecule has 28 heavy (non-hydrogen) atoms. The fourth-order valence-electron chi connectivity index (χ4n) is 3.23. The SMILES string of the molecule is CCN1CCN(c2cc(CNc3cc(OC)c(F)cc3[N+](=O)[O-])ccn2)CC1. The van der Waals surface area contributed by atoms with Gasteiger partial charge in [0.15, 0.2) is 11.6 Å². The van der Waals surface area contributed by atoms with Gasteiger partial charge in [-0.2, -0.15) is 0 Å². The maximum absolute atomic E-state index is 13.8.